The molecule has 5 nitrogen and oxygen atoms in total. The van der Waals surface area contributed by atoms with Crippen LogP contribution < -0.4 is 5.32 Å². The van der Waals surface area contributed by atoms with E-state index in [2.05, 4.69) is 15.5 Å². The SMILES string of the molecule is O=C(NC1CCCCCCC1)c1nnc(-c2ccccc2)o1. The summed E-state index contributed by atoms with van der Waals surface area (Å²) in [6.07, 6.45) is 8.23. The molecular formula is C17H21N3O2. The highest BCUT2D eigenvalue weighted by molar-refractivity contribution is 5.89. The third kappa shape index (κ3) is 3.72. The molecule has 1 fully saturated rings. The lowest BCUT2D eigenvalue weighted by Crippen LogP contribution is -2.35. The van der Waals surface area contributed by atoms with E-state index >= 15 is 0 Å². The first-order chi connectivity index (χ1) is 10.8. The maximum absolute atomic E-state index is 12.2. The van der Waals surface area contributed by atoms with Crippen LogP contribution in [-0.2, 0) is 0 Å². The number of carbonyl (C=O) groups excluding carboxylic acids is 1. The number of amides is 1. The van der Waals surface area contributed by atoms with E-state index < -0.39 is 0 Å². The van der Waals surface area contributed by atoms with Crippen molar-refractivity contribution >= 4 is 5.91 Å². The number of rotatable bonds is 3. The van der Waals surface area contributed by atoms with Gasteiger partial charge in [-0.1, -0.05) is 50.3 Å². The minimum Gasteiger partial charge on any atom is -0.412 e. The predicted molar refractivity (Wildman–Crippen MR) is 83.3 cm³/mol. The van der Waals surface area contributed by atoms with E-state index in [1.54, 1.807) is 0 Å². The van der Waals surface area contributed by atoms with Crippen molar-refractivity contribution in [3.05, 3.63) is 36.2 Å². The third-order valence-corrected chi connectivity index (χ3v) is 4.08. The van der Waals surface area contributed by atoms with Gasteiger partial charge >= 0.3 is 11.8 Å². The van der Waals surface area contributed by atoms with E-state index in [-0.39, 0.29) is 17.8 Å². The molecule has 0 atom stereocenters. The van der Waals surface area contributed by atoms with Crippen LogP contribution in [0.25, 0.3) is 11.5 Å². The molecule has 1 aromatic heterocycles. The number of benzene rings is 1. The highest BCUT2D eigenvalue weighted by Gasteiger charge is 2.20. The Hall–Kier alpha value is -2.17. The van der Waals surface area contributed by atoms with Crippen molar-refractivity contribution in [3.63, 3.8) is 0 Å². The number of carbonyl (C=O) groups is 1. The van der Waals surface area contributed by atoms with E-state index in [1.165, 1.54) is 32.1 Å². The lowest BCUT2D eigenvalue weighted by Gasteiger charge is -2.19. The van der Waals surface area contributed by atoms with Crippen LogP contribution in [0, 0.1) is 0 Å². The average Bonchev–Trinajstić information content (AvgIpc) is 3.01. The van der Waals surface area contributed by atoms with Gasteiger partial charge in [-0.15, -0.1) is 10.2 Å². The molecule has 22 heavy (non-hydrogen) atoms. The zero-order valence-corrected chi connectivity index (χ0v) is 12.6. The van der Waals surface area contributed by atoms with Gasteiger partial charge in [-0.2, -0.15) is 0 Å². The molecule has 0 unspecified atom stereocenters. The van der Waals surface area contributed by atoms with Crippen LogP contribution >= 0.6 is 0 Å². The Morgan fingerprint density at radius 1 is 1.00 bits per heavy atom. The molecule has 0 spiro atoms. The molecule has 2 aromatic rings. The van der Waals surface area contributed by atoms with Crippen molar-refractivity contribution < 1.29 is 9.21 Å². The van der Waals surface area contributed by atoms with Crippen molar-refractivity contribution in [2.24, 2.45) is 0 Å². The summed E-state index contributed by atoms with van der Waals surface area (Å²) in [5, 5.41) is 10.9. The summed E-state index contributed by atoms with van der Waals surface area (Å²) in [7, 11) is 0. The zero-order valence-electron chi connectivity index (χ0n) is 12.6. The van der Waals surface area contributed by atoms with Gasteiger partial charge < -0.3 is 9.73 Å². The van der Waals surface area contributed by atoms with E-state index in [4.69, 9.17) is 4.42 Å². The molecule has 1 aromatic carbocycles. The molecule has 1 aliphatic carbocycles. The second kappa shape index (κ2) is 7.20. The summed E-state index contributed by atoms with van der Waals surface area (Å²) < 4.78 is 5.49. The number of nitrogens with one attached hydrogen (secondary N) is 1. The molecule has 0 saturated heterocycles. The Morgan fingerprint density at radius 3 is 2.41 bits per heavy atom. The topological polar surface area (TPSA) is 68.0 Å². The Balaban J connectivity index is 1.64. The van der Waals surface area contributed by atoms with E-state index in [1.807, 2.05) is 30.3 Å². The average molecular weight is 299 g/mol. The molecule has 0 radical (unpaired) electrons. The smallest absolute Gasteiger partial charge is 0.309 e. The summed E-state index contributed by atoms with van der Waals surface area (Å²) in [6.45, 7) is 0. The molecule has 1 heterocycles. The van der Waals surface area contributed by atoms with Gasteiger partial charge in [0.25, 0.3) is 0 Å². The monoisotopic (exact) mass is 299 g/mol. The second-order valence-corrected chi connectivity index (χ2v) is 5.79. The predicted octanol–water partition coefficient (Wildman–Crippen LogP) is 3.58. The van der Waals surface area contributed by atoms with Gasteiger partial charge in [0.1, 0.15) is 0 Å². The van der Waals surface area contributed by atoms with Gasteiger partial charge in [-0.25, -0.2) is 0 Å². The van der Waals surface area contributed by atoms with Crippen LogP contribution in [0.4, 0.5) is 0 Å². The molecule has 3 rings (SSSR count). The molecule has 1 aliphatic rings. The van der Waals surface area contributed by atoms with E-state index in [0.29, 0.717) is 5.89 Å². The van der Waals surface area contributed by atoms with Crippen molar-refractivity contribution in [1.29, 1.82) is 0 Å². The fraction of sp³-hybridized carbons (Fsp3) is 0.471. The number of hydrogen-bond donors (Lipinski definition) is 1. The van der Waals surface area contributed by atoms with Gasteiger partial charge in [-0.3, -0.25) is 4.79 Å². The van der Waals surface area contributed by atoms with Crippen molar-refractivity contribution in [3.8, 4) is 11.5 Å². The fourth-order valence-electron chi connectivity index (χ4n) is 2.86. The first-order valence-electron chi connectivity index (χ1n) is 8.03. The van der Waals surface area contributed by atoms with Crippen molar-refractivity contribution in [1.82, 2.24) is 15.5 Å². The molecular weight excluding hydrogens is 278 g/mol. The summed E-state index contributed by atoms with van der Waals surface area (Å²) in [5.74, 6) is 0.157. The molecule has 1 saturated carbocycles. The summed E-state index contributed by atoms with van der Waals surface area (Å²) >= 11 is 0. The third-order valence-electron chi connectivity index (χ3n) is 4.08. The Labute approximate surface area is 130 Å². The minimum atomic E-state index is -0.264. The maximum Gasteiger partial charge on any atom is 0.309 e. The Morgan fingerprint density at radius 2 is 1.68 bits per heavy atom. The molecule has 116 valence electrons. The van der Waals surface area contributed by atoms with Crippen LogP contribution in [0.15, 0.2) is 34.7 Å². The lowest BCUT2D eigenvalue weighted by molar-refractivity contribution is 0.0896. The van der Waals surface area contributed by atoms with Crippen LogP contribution in [-0.4, -0.2) is 22.1 Å². The summed E-state index contributed by atoms with van der Waals surface area (Å²) in [6, 6.07) is 9.69. The first kappa shape index (κ1) is 14.8. The molecule has 1 N–H and O–H groups in total. The van der Waals surface area contributed by atoms with Gasteiger partial charge in [-0.05, 0) is 25.0 Å². The highest BCUT2D eigenvalue weighted by atomic mass is 16.4. The van der Waals surface area contributed by atoms with Gasteiger partial charge in [0.2, 0.25) is 5.89 Å². The Kier molecular flexibility index (Phi) is 4.83. The second-order valence-electron chi connectivity index (χ2n) is 5.79. The fourth-order valence-corrected chi connectivity index (χ4v) is 2.86. The van der Waals surface area contributed by atoms with Gasteiger partial charge in [0, 0.05) is 11.6 Å². The zero-order chi connectivity index (χ0) is 15.2. The van der Waals surface area contributed by atoms with Crippen molar-refractivity contribution in [2.75, 3.05) is 0 Å². The first-order valence-corrected chi connectivity index (χ1v) is 8.03. The highest BCUT2D eigenvalue weighted by Crippen LogP contribution is 2.19. The van der Waals surface area contributed by atoms with Crippen LogP contribution in [0.1, 0.15) is 55.6 Å². The number of hydrogen-bond acceptors (Lipinski definition) is 4. The van der Waals surface area contributed by atoms with Gasteiger partial charge in [0.05, 0.1) is 0 Å². The van der Waals surface area contributed by atoms with Crippen LogP contribution in [0.5, 0.6) is 0 Å². The van der Waals surface area contributed by atoms with E-state index in [0.717, 1.165) is 18.4 Å². The molecule has 1 amide bonds. The number of aromatic nitrogens is 2. The summed E-state index contributed by atoms with van der Waals surface area (Å²) in [5.41, 5.74) is 0.819. The van der Waals surface area contributed by atoms with Crippen LogP contribution in [0.3, 0.4) is 0 Å². The maximum atomic E-state index is 12.2. The lowest BCUT2D eigenvalue weighted by atomic mass is 9.97. The number of nitrogens with zero attached hydrogens (tertiary/aromatic N) is 2. The van der Waals surface area contributed by atoms with Gasteiger partial charge in [0.15, 0.2) is 0 Å². The van der Waals surface area contributed by atoms with Crippen molar-refractivity contribution in [2.45, 2.75) is 51.0 Å². The molecule has 5 heteroatoms. The largest absolute Gasteiger partial charge is 0.412 e. The minimum absolute atomic E-state index is 0.0425. The Bertz CT molecular complexity index is 601. The quantitative estimate of drug-likeness (QED) is 0.940. The van der Waals surface area contributed by atoms with Crippen LogP contribution in [0.2, 0.25) is 0 Å². The molecule has 0 aliphatic heterocycles. The van der Waals surface area contributed by atoms with E-state index in [9.17, 15) is 4.79 Å². The standard InChI is InChI=1S/C17H21N3O2/c21-15(18-14-11-7-2-1-3-8-12-14)17-20-19-16(22-17)13-9-5-4-6-10-13/h4-6,9-10,14H,1-3,7-8,11-12H2,(H,18,21). The summed E-state index contributed by atoms with van der Waals surface area (Å²) in [4.78, 5) is 12.2. The molecule has 0 bridgehead atoms. The normalized spacial score (nSPS) is 16.7.